The van der Waals surface area contributed by atoms with Crippen LogP contribution in [0.5, 0.6) is 0 Å². The predicted octanol–water partition coefficient (Wildman–Crippen LogP) is 2.35. The quantitative estimate of drug-likeness (QED) is 0.800. The molecule has 5 nitrogen and oxygen atoms in total. The van der Waals surface area contributed by atoms with E-state index in [0.717, 1.165) is 18.4 Å². The Kier molecular flexibility index (Phi) is 4.13. The van der Waals surface area contributed by atoms with Crippen molar-refractivity contribution in [3.8, 4) is 0 Å². The van der Waals surface area contributed by atoms with E-state index in [-0.39, 0.29) is 34.6 Å². The lowest BCUT2D eigenvalue weighted by Gasteiger charge is -2.24. The van der Waals surface area contributed by atoms with E-state index in [0.29, 0.717) is 16.7 Å². The molecule has 3 fully saturated rings. The molecule has 0 radical (unpaired) electrons. The number of thioether (sulfide) groups is 1. The van der Waals surface area contributed by atoms with E-state index in [1.807, 2.05) is 29.2 Å². The van der Waals surface area contributed by atoms with E-state index in [1.165, 1.54) is 11.8 Å². The minimum absolute atomic E-state index is 0.0342. The van der Waals surface area contributed by atoms with Crippen molar-refractivity contribution >= 4 is 44.3 Å². The summed E-state index contributed by atoms with van der Waals surface area (Å²) < 4.78 is 23.9. The Bertz CT molecular complexity index is 803. The van der Waals surface area contributed by atoms with Crippen LogP contribution in [0.25, 0.3) is 0 Å². The second-order valence-corrected chi connectivity index (χ2v) is 10.4. The monoisotopic (exact) mass is 384 g/mol. The average Bonchev–Trinajstić information content (AvgIpc) is 3.26. The molecule has 0 N–H and O–H groups in total. The summed E-state index contributed by atoms with van der Waals surface area (Å²) in [6.45, 7) is 0.539. The summed E-state index contributed by atoms with van der Waals surface area (Å²) in [4.78, 5) is 18.4. The van der Waals surface area contributed by atoms with Crippen LogP contribution in [0.3, 0.4) is 0 Å². The lowest BCUT2D eigenvalue weighted by Crippen LogP contribution is -2.37. The molecule has 8 heteroatoms. The van der Waals surface area contributed by atoms with Gasteiger partial charge in [-0.25, -0.2) is 8.42 Å². The summed E-state index contributed by atoms with van der Waals surface area (Å²) in [7, 11) is -3.02. The van der Waals surface area contributed by atoms with Crippen LogP contribution < -0.4 is 0 Å². The van der Waals surface area contributed by atoms with Crippen molar-refractivity contribution in [2.75, 3.05) is 11.5 Å². The molecule has 2 saturated heterocycles. The molecule has 0 unspecified atom stereocenters. The Morgan fingerprint density at radius 1 is 1.25 bits per heavy atom. The first-order valence-electron chi connectivity index (χ1n) is 7.92. The first-order valence-corrected chi connectivity index (χ1v) is 11.0. The van der Waals surface area contributed by atoms with Crippen molar-refractivity contribution in [3.63, 3.8) is 0 Å². The molecule has 4 rings (SSSR count). The third kappa shape index (κ3) is 3.34. The third-order valence-electron chi connectivity index (χ3n) is 4.57. The molecule has 1 amide bonds. The number of sulfone groups is 1. The molecule has 2 aliphatic heterocycles. The molecule has 1 saturated carbocycles. The molecule has 0 aromatic heterocycles. The molecule has 3 aliphatic rings. The zero-order chi connectivity index (χ0) is 16.9. The van der Waals surface area contributed by atoms with Crippen molar-refractivity contribution in [2.45, 2.75) is 30.7 Å². The van der Waals surface area contributed by atoms with Gasteiger partial charge in [-0.3, -0.25) is 4.79 Å². The molecular formula is C16H17ClN2O3S2. The van der Waals surface area contributed by atoms with Gasteiger partial charge in [-0.15, -0.1) is 0 Å². The van der Waals surface area contributed by atoms with E-state index in [9.17, 15) is 13.2 Å². The molecule has 0 bridgehead atoms. The zero-order valence-corrected chi connectivity index (χ0v) is 15.3. The van der Waals surface area contributed by atoms with Crippen LogP contribution in [-0.2, 0) is 21.2 Å². The highest BCUT2D eigenvalue weighted by molar-refractivity contribution is 8.15. The van der Waals surface area contributed by atoms with Crippen LogP contribution in [0.4, 0.5) is 0 Å². The van der Waals surface area contributed by atoms with E-state index < -0.39 is 9.84 Å². The third-order valence-corrected chi connectivity index (χ3v) is 8.07. The van der Waals surface area contributed by atoms with Crippen LogP contribution in [0.2, 0.25) is 5.02 Å². The van der Waals surface area contributed by atoms with Gasteiger partial charge in [0.25, 0.3) is 5.91 Å². The van der Waals surface area contributed by atoms with Gasteiger partial charge in [-0.2, -0.15) is 4.99 Å². The van der Waals surface area contributed by atoms with Gasteiger partial charge in [0.05, 0.1) is 17.5 Å². The number of hydrogen-bond donors (Lipinski definition) is 0. The fourth-order valence-corrected chi connectivity index (χ4v) is 7.21. The Balaban J connectivity index is 1.61. The molecule has 1 aliphatic carbocycles. The smallest absolute Gasteiger partial charge is 0.251 e. The predicted molar refractivity (Wildman–Crippen MR) is 96.0 cm³/mol. The van der Waals surface area contributed by atoms with Crippen LogP contribution >= 0.6 is 23.4 Å². The minimum atomic E-state index is -3.02. The summed E-state index contributed by atoms with van der Waals surface area (Å²) in [6.07, 6.45) is 1.83. The van der Waals surface area contributed by atoms with Gasteiger partial charge in [0.1, 0.15) is 0 Å². The van der Waals surface area contributed by atoms with Gasteiger partial charge in [-0.05, 0) is 30.5 Å². The highest BCUT2D eigenvalue weighted by atomic mass is 35.5. The van der Waals surface area contributed by atoms with Gasteiger partial charge in [0, 0.05) is 22.7 Å². The number of rotatable bonds is 3. The standard InChI is InChI=1S/C16H17ClN2O3S2/c17-12-5-1-10(2-6-12)7-19-13-8-24(21,22)9-14(13)23-16(19)18-15(20)11-3-4-11/h1-2,5-6,11,13-14H,3-4,7-9H2/t13-,14+/m0/s1. The number of hydrogen-bond acceptors (Lipinski definition) is 4. The van der Waals surface area contributed by atoms with E-state index in [4.69, 9.17) is 11.6 Å². The van der Waals surface area contributed by atoms with Crippen LogP contribution in [0.1, 0.15) is 18.4 Å². The highest BCUT2D eigenvalue weighted by Gasteiger charge is 2.49. The molecule has 24 heavy (non-hydrogen) atoms. The minimum Gasteiger partial charge on any atom is -0.342 e. The van der Waals surface area contributed by atoms with Gasteiger partial charge >= 0.3 is 0 Å². The van der Waals surface area contributed by atoms with Crippen molar-refractivity contribution in [2.24, 2.45) is 10.9 Å². The van der Waals surface area contributed by atoms with E-state index in [2.05, 4.69) is 4.99 Å². The van der Waals surface area contributed by atoms with E-state index in [1.54, 1.807) is 0 Å². The number of nitrogens with zero attached hydrogens (tertiary/aromatic N) is 2. The van der Waals surface area contributed by atoms with Gasteiger partial charge in [-0.1, -0.05) is 35.5 Å². The van der Waals surface area contributed by atoms with Gasteiger partial charge in [0.15, 0.2) is 15.0 Å². The van der Waals surface area contributed by atoms with Crippen molar-refractivity contribution in [3.05, 3.63) is 34.9 Å². The first kappa shape index (κ1) is 16.4. The maximum atomic E-state index is 12.1. The highest BCUT2D eigenvalue weighted by Crippen LogP contribution is 2.40. The number of fused-ring (bicyclic) bond motifs is 1. The Morgan fingerprint density at radius 2 is 1.96 bits per heavy atom. The molecule has 1 aromatic carbocycles. The first-order chi connectivity index (χ1) is 11.4. The second kappa shape index (κ2) is 6.04. The molecule has 128 valence electrons. The fourth-order valence-electron chi connectivity index (χ4n) is 3.12. The Hall–Kier alpha value is -1.05. The van der Waals surface area contributed by atoms with Crippen LogP contribution in [0, 0.1) is 5.92 Å². The maximum absolute atomic E-state index is 12.1. The Morgan fingerprint density at radius 3 is 2.62 bits per heavy atom. The molecule has 0 spiro atoms. The molecule has 2 atom stereocenters. The topological polar surface area (TPSA) is 66.8 Å². The summed E-state index contributed by atoms with van der Waals surface area (Å²) >= 11 is 7.37. The number of aliphatic imine (C=N–C) groups is 1. The largest absolute Gasteiger partial charge is 0.342 e. The number of carbonyl (C=O) groups is 1. The average molecular weight is 385 g/mol. The summed E-state index contributed by atoms with van der Waals surface area (Å²) in [5.74, 6) is 0.298. The number of benzene rings is 1. The zero-order valence-electron chi connectivity index (χ0n) is 12.9. The van der Waals surface area contributed by atoms with Gasteiger partial charge < -0.3 is 4.90 Å². The second-order valence-electron chi connectivity index (χ2n) is 6.56. The van der Waals surface area contributed by atoms with Crippen molar-refractivity contribution < 1.29 is 13.2 Å². The SMILES string of the molecule is O=C(N=C1S[C@@H]2CS(=O)(=O)C[C@@H]2N1Cc1ccc(Cl)cc1)C1CC1. The van der Waals surface area contributed by atoms with E-state index >= 15 is 0 Å². The van der Waals surface area contributed by atoms with Gasteiger partial charge in [0.2, 0.25) is 0 Å². The van der Waals surface area contributed by atoms with Crippen molar-refractivity contribution in [1.29, 1.82) is 0 Å². The van der Waals surface area contributed by atoms with Crippen LogP contribution in [-0.4, -0.2) is 47.2 Å². The van der Waals surface area contributed by atoms with Crippen molar-refractivity contribution in [1.82, 2.24) is 4.90 Å². The summed E-state index contributed by atoms with van der Waals surface area (Å²) in [6, 6.07) is 7.36. The molecule has 2 heterocycles. The number of amidine groups is 1. The maximum Gasteiger partial charge on any atom is 0.251 e. The Labute approximate surface area is 150 Å². The number of amides is 1. The lowest BCUT2D eigenvalue weighted by atomic mass is 10.1. The lowest BCUT2D eigenvalue weighted by molar-refractivity contribution is -0.118. The summed E-state index contributed by atoms with van der Waals surface area (Å²) in [5, 5.41) is 1.30. The number of carbonyl (C=O) groups excluding carboxylic acids is 1. The molecule has 1 aromatic rings. The molecular weight excluding hydrogens is 368 g/mol. The van der Waals surface area contributed by atoms with Crippen LogP contribution in [0.15, 0.2) is 29.3 Å². The summed E-state index contributed by atoms with van der Waals surface area (Å²) in [5.41, 5.74) is 1.02. The number of halogens is 1. The fraction of sp³-hybridized carbons (Fsp3) is 0.500. The normalized spacial score (nSPS) is 29.9.